The molecule has 3 aromatic heterocycles. The summed E-state index contributed by atoms with van der Waals surface area (Å²) in [6, 6.07) is 0. The molecule has 0 atom stereocenters. The first-order valence-electron chi connectivity index (χ1n) is 10.3. The molecule has 1 aliphatic heterocycles. The van der Waals surface area contributed by atoms with E-state index in [9.17, 15) is 9.59 Å². The van der Waals surface area contributed by atoms with E-state index in [0.717, 1.165) is 12.8 Å². The zero-order valence-corrected chi connectivity index (χ0v) is 17.7. The Morgan fingerprint density at radius 2 is 2.19 bits per heavy atom. The maximum Gasteiger partial charge on any atom is 0.258 e. The molecule has 0 radical (unpaired) electrons. The largest absolute Gasteiger partial charge is 0.442 e. The number of methoxy groups -OCH3 is 1. The normalized spacial score (nSPS) is 16.9. The van der Waals surface area contributed by atoms with Gasteiger partial charge in [-0.3, -0.25) is 9.59 Å². The number of ether oxygens (including phenoxy) is 1. The van der Waals surface area contributed by atoms with Crippen LogP contribution in [0, 0.1) is 6.92 Å². The summed E-state index contributed by atoms with van der Waals surface area (Å²) < 4.78 is 10.9. The maximum atomic E-state index is 13.6. The highest BCUT2D eigenvalue weighted by atomic mass is 16.5. The molecule has 0 spiro atoms. The average Bonchev–Trinajstić information content (AvgIpc) is 3.35. The van der Waals surface area contributed by atoms with Crippen LogP contribution in [0.3, 0.4) is 0 Å². The molecule has 1 saturated carbocycles. The number of anilines is 1. The minimum absolute atomic E-state index is 0.0143. The Hall–Kier alpha value is -3.27. The van der Waals surface area contributed by atoms with E-state index in [-0.39, 0.29) is 30.2 Å². The van der Waals surface area contributed by atoms with Crippen molar-refractivity contribution in [3.8, 4) is 0 Å². The number of amides is 1. The molecule has 31 heavy (non-hydrogen) atoms. The lowest BCUT2D eigenvalue weighted by Crippen LogP contribution is -2.39. The highest BCUT2D eigenvalue weighted by molar-refractivity contribution is 6.10. The summed E-state index contributed by atoms with van der Waals surface area (Å²) in [7, 11) is 1.54. The van der Waals surface area contributed by atoms with Crippen molar-refractivity contribution in [2.45, 2.75) is 51.8 Å². The van der Waals surface area contributed by atoms with Gasteiger partial charge in [-0.15, -0.1) is 0 Å². The van der Waals surface area contributed by atoms with Gasteiger partial charge in [0.05, 0.1) is 23.2 Å². The second-order valence-electron chi connectivity index (χ2n) is 8.47. The standard InChI is InChI=1S/C21H24N6O4/c1-11-15(16-17(26-21(2)5-6-21)22-10-23-19(16)31-11)20(29)27-7-4-12-13(8-27)24-14(9-30-3)25-18(12)28/h10H,4-9H2,1-3H3,(H,22,23,26)(H,24,25,28). The van der Waals surface area contributed by atoms with Crippen molar-refractivity contribution >= 4 is 22.8 Å². The van der Waals surface area contributed by atoms with Gasteiger partial charge < -0.3 is 24.4 Å². The Balaban J connectivity index is 1.51. The van der Waals surface area contributed by atoms with Crippen LogP contribution >= 0.6 is 0 Å². The second kappa shape index (κ2) is 7.16. The van der Waals surface area contributed by atoms with Gasteiger partial charge in [-0.1, -0.05) is 0 Å². The topological polar surface area (TPSA) is 126 Å². The van der Waals surface area contributed by atoms with E-state index in [1.807, 2.05) is 0 Å². The fraction of sp³-hybridized carbons (Fsp3) is 0.476. The number of aromatic nitrogens is 4. The summed E-state index contributed by atoms with van der Waals surface area (Å²) in [5.41, 5.74) is 1.86. The number of rotatable bonds is 5. The van der Waals surface area contributed by atoms with E-state index in [1.54, 1.807) is 11.8 Å². The van der Waals surface area contributed by atoms with Crippen LogP contribution in [-0.2, 0) is 24.3 Å². The van der Waals surface area contributed by atoms with Gasteiger partial charge in [-0.2, -0.15) is 0 Å². The molecule has 5 rings (SSSR count). The zero-order valence-electron chi connectivity index (χ0n) is 17.7. The van der Waals surface area contributed by atoms with E-state index < -0.39 is 0 Å². The Morgan fingerprint density at radius 3 is 2.94 bits per heavy atom. The highest BCUT2D eigenvalue weighted by Crippen LogP contribution is 2.40. The molecule has 10 nitrogen and oxygen atoms in total. The third kappa shape index (κ3) is 3.46. The van der Waals surface area contributed by atoms with Crippen LogP contribution in [0.5, 0.6) is 0 Å². The number of aryl methyl sites for hydroxylation is 1. The fourth-order valence-corrected chi connectivity index (χ4v) is 4.02. The minimum Gasteiger partial charge on any atom is -0.442 e. The Bertz CT molecular complexity index is 1240. The molecule has 0 saturated heterocycles. The van der Waals surface area contributed by atoms with Gasteiger partial charge in [-0.25, -0.2) is 15.0 Å². The lowest BCUT2D eigenvalue weighted by Gasteiger charge is -2.28. The number of hydrogen-bond donors (Lipinski definition) is 2. The van der Waals surface area contributed by atoms with Crippen molar-refractivity contribution in [1.82, 2.24) is 24.8 Å². The molecule has 162 valence electrons. The lowest BCUT2D eigenvalue weighted by molar-refractivity contribution is 0.0730. The number of furan rings is 1. The van der Waals surface area contributed by atoms with Crippen LogP contribution in [0.4, 0.5) is 5.82 Å². The molecule has 2 aliphatic rings. The molecule has 1 aliphatic carbocycles. The van der Waals surface area contributed by atoms with Crippen LogP contribution in [0.15, 0.2) is 15.5 Å². The first-order valence-corrected chi connectivity index (χ1v) is 10.3. The summed E-state index contributed by atoms with van der Waals surface area (Å²) in [6.45, 7) is 4.75. The van der Waals surface area contributed by atoms with Gasteiger partial charge in [0.25, 0.3) is 11.5 Å². The molecule has 3 aromatic rings. The molecule has 0 aromatic carbocycles. The van der Waals surface area contributed by atoms with Crippen molar-refractivity contribution in [2.24, 2.45) is 0 Å². The molecular formula is C21H24N6O4. The molecule has 0 bridgehead atoms. The average molecular weight is 424 g/mol. The van der Waals surface area contributed by atoms with Crippen molar-refractivity contribution in [3.63, 3.8) is 0 Å². The van der Waals surface area contributed by atoms with Gasteiger partial charge in [-0.05, 0) is 33.1 Å². The molecule has 10 heteroatoms. The van der Waals surface area contributed by atoms with E-state index >= 15 is 0 Å². The number of aromatic amines is 1. The maximum absolute atomic E-state index is 13.6. The van der Waals surface area contributed by atoms with Gasteiger partial charge >= 0.3 is 0 Å². The van der Waals surface area contributed by atoms with Gasteiger partial charge in [0.15, 0.2) is 0 Å². The van der Waals surface area contributed by atoms with Crippen LogP contribution in [-0.4, -0.2) is 49.9 Å². The monoisotopic (exact) mass is 424 g/mol. The predicted molar refractivity (Wildman–Crippen MR) is 112 cm³/mol. The molecule has 1 amide bonds. The fourth-order valence-electron chi connectivity index (χ4n) is 4.02. The van der Waals surface area contributed by atoms with Crippen LogP contribution in [0.1, 0.15) is 53.0 Å². The van der Waals surface area contributed by atoms with E-state index in [2.05, 4.69) is 32.2 Å². The molecule has 2 N–H and O–H groups in total. The highest BCUT2D eigenvalue weighted by Gasteiger charge is 2.39. The third-order valence-corrected chi connectivity index (χ3v) is 5.99. The van der Waals surface area contributed by atoms with E-state index in [0.29, 0.717) is 58.3 Å². The summed E-state index contributed by atoms with van der Waals surface area (Å²) in [6.07, 6.45) is 3.97. The Labute approximate surface area is 178 Å². The Morgan fingerprint density at radius 1 is 1.39 bits per heavy atom. The van der Waals surface area contributed by atoms with Crippen LogP contribution in [0.2, 0.25) is 0 Å². The van der Waals surface area contributed by atoms with Crippen molar-refractivity contribution in [3.05, 3.63) is 45.1 Å². The van der Waals surface area contributed by atoms with E-state index in [4.69, 9.17) is 9.15 Å². The number of fused-ring (bicyclic) bond motifs is 2. The number of H-pyrrole nitrogens is 1. The third-order valence-electron chi connectivity index (χ3n) is 5.99. The van der Waals surface area contributed by atoms with E-state index in [1.165, 1.54) is 13.4 Å². The molecule has 1 fully saturated rings. The van der Waals surface area contributed by atoms with Crippen molar-refractivity contribution in [2.75, 3.05) is 19.0 Å². The first kappa shape index (κ1) is 19.7. The summed E-state index contributed by atoms with van der Waals surface area (Å²) in [5.74, 6) is 1.37. The molecule has 4 heterocycles. The number of hydrogen-bond acceptors (Lipinski definition) is 8. The predicted octanol–water partition coefficient (Wildman–Crippen LogP) is 1.92. The molecular weight excluding hydrogens is 400 g/mol. The quantitative estimate of drug-likeness (QED) is 0.636. The number of carbonyl (C=O) groups is 1. The van der Waals surface area contributed by atoms with Gasteiger partial charge in [0, 0.05) is 24.8 Å². The van der Waals surface area contributed by atoms with Crippen molar-refractivity contribution < 1.29 is 13.9 Å². The minimum atomic E-state index is -0.184. The van der Waals surface area contributed by atoms with Crippen molar-refractivity contribution in [1.29, 1.82) is 0 Å². The lowest BCUT2D eigenvalue weighted by atomic mass is 10.0. The zero-order chi connectivity index (χ0) is 21.8. The number of nitrogens with one attached hydrogen (secondary N) is 2. The first-order chi connectivity index (χ1) is 14.9. The molecule has 0 unspecified atom stereocenters. The summed E-state index contributed by atoms with van der Waals surface area (Å²) in [4.78, 5) is 43.5. The smallest absolute Gasteiger partial charge is 0.258 e. The van der Waals surface area contributed by atoms with Crippen LogP contribution in [0.25, 0.3) is 11.1 Å². The second-order valence-corrected chi connectivity index (χ2v) is 8.47. The summed E-state index contributed by atoms with van der Waals surface area (Å²) >= 11 is 0. The number of carbonyl (C=O) groups excluding carboxylic acids is 1. The summed E-state index contributed by atoms with van der Waals surface area (Å²) in [5, 5.41) is 4.04. The SMILES string of the molecule is COCc1nc2c(c(=O)[nH]1)CCN(C(=O)c1c(C)oc3ncnc(NC4(C)CC4)c13)C2. The Kier molecular flexibility index (Phi) is 4.54. The van der Waals surface area contributed by atoms with Crippen LogP contribution < -0.4 is 10.9 Å². The van der Waals surface area contributed by atoms with Gasteiger partial charge in [0.2, 0.25) is 5.71 Å². The number of nitrogens with zero attached hydrogens (tertiary/aromatic N) is 4. The van der Waals surface area contributed by atoms with Gasteiger partial charge in [0.1, 0.15) is 30.3 Å².